The quantitative estimate of drug-likeness (QED) is 0.784. The molecular formula is C17H33NO3. The van der Waals surface area contributed by atoms with Gasteiger partial charge in [-0.05, 0) is 33.1 Å². The van der Waals surface area contributed by atoms with Crippen molar-refractivity contribution < 1.29 is 14.3 Å². The van der Waals surface area contributed by atoms with Gasteiger partial charge in [0.15, 0.2) is 0 Å². The van der Waals surface area contributed by atoms with Crippen LogP contribution in [0, 0.1) is 11.3 Å². The van der Waals surface area contributed by atoms with Crippen LogP contribution in [-0.2, 0) is 14.3 Å². The fourth-order valence-electron chi connectivity index (χ4n) is 1.84. The zero-order valence-electron chi connectivity index (χ0n) is 15.0. The highest BCUT2D eigenvalue weighted by Gasteiger charge is 2.26. The maximum absolute atomic E-state index is 12.2. The third-order valence-electron chi connectivity index (χ3n) is 3.03. The number of ketones is 1. The Morgan fingerprint density at radius 1 is 1.05 bits per heavy atom. The van der Waals surface area contributed by atoms with Crippen LogP contribution in [0.15, 0.2) is 0 Å². The van der Waals surface area contributed by atoms with Gasteiger partial charge in [0.1, 0.15) is 12.4 Å². The molecular weight excluding hydrogens is 266 g/mol. The SMILES string of the molecule is CC(C)CC(CC(=O)C(C)(C)C)NC(=O)COC(C)(C)C. The van der Waals surface area contributed by atoms with Crippen molar-refractivity contribution in [2.75, 3.05) is 6.61 Å². The van der Waals surface area contributed by atoms with E-state index in [0.29, 0.717) is 12.3 Å². The summed E-state index contributed by atoms with van der Waals surface area (Å²) in [6.45, 7) is 15.7. The summed E-state index contributed by atoms with van der Waals surface area (Å²) in [5, 5.41) is 2.94. The fraction of sp³-hybridized carbons (Fsp3) is 0.882. The number of nitrogens with one attached hydrogen (secondary N) is 1. The lowest BCUT2D eigenvalue weighted by atomic mass is 9.85. The second kappa shape index (κ2) is 7.92. The number of amides is 1. The molecule has 0 bridgehead atoms. The second-order valence-electron chi connectivity index (χ2n) is 8.17. The minimum Gasteiger partial charge on any atom is -0.366 e. The van der Waals surface area contributed by atoms with E-state index in [1.54, 1.807) is 0 Å². The molecule has 0 spiro atoms. The lowest BCUT2D eigenvalue weighted by Crippen LogP contribution is -2.42. The molecule has 0 saturated carbocycles. The molecule has 0 fully saturated rings. The first-order chi connectivity index (χ1) is 9.31. The molecule has 0 aromatic carbocycles. The molecule has 0 aliphatic carbocycles. The van der Waals surface area contributed by atoms with Crippen LogP contribution in [0.4, 0.5) is 0 Å². The molecule has 0 aromatic rings. The molecule has 4 nitrogen and oxygen atoms in total. The Balaban J connectivity index is 4.56. The first-order valence-electron chi connectivity index (χ1n) is 7.78. The molecule has 0 aromatic heterocycles. The molecule has 0 rings (SSSR count). The van der Waals surface area contributed by atoms with Crippen LogP contribution in [0.25, 0.3) is 0 Å². The van der Waals surface area contributed by atoms with Crippen LogP contribution < -0.4 is 5.32 Å². The Morgan fingerprint density at radius 3 is 1.95 bits per heavy atom. The van der Waals surface area contributed by atoms with E-state index in [4.69, 9.17) is 4.74 Å². The average molecular weight is 299 g/mol. The molecule has 1 unspecified atom stereocenters. The highest BCUT2D eigenvalue weighted by atomic mass is 16.5. The predicted octanol–water partition coefficient (Wildman–Crippen LogP) is 3.34. The molecule has 124 valence electrons. The summed E-state index contributed by atoms with van der Waals surface area (Å²) in [4.78, 5) is 24.1. The summed E-state index contributed by atoms with van der Waals surface area (Å²) in [7, 11) is 0. The fourth-order valence-corrected chi connectivity index (χ4v) is 1.84. The standard InChI is InChI=1S/C17H33NO3/c1-12(2)9-13(10-14(19)16(3,4)5)18-15(20)11-21-17(6,7)8/h12-13H,9-11H2,1-8H3,(H,18,20). The van der Waals surface area contributed by atoms with Gasteiger partial charge in [-0.3, -0.25) is 9.59 Å². The van der Waals surface area contributed by atoms with Crippen LogP contribution in [0.3, 0.4) is 0 Å². The van der Waals surface area contributed by atoms with E-state index in [1.807, 2.05) is 41.5 Å². The van der Waals surface area contributed by atoms with Crippen LogP contribution in [-0.4, -0.2) is 29.9 Å². The summed E-state index contributed by atoms with van der Waals surface area (Å²) in [5.74, 6) is 0.439. The molecule has 0 aliphatic heterocycles. The summed E-state index contributed by atoms with van der Waals surface area (Å²) < 4.78 is 5.47. The van der Waals surface area contributed by atoms with Gasteiger partial charge in [-0.2, -0.15) is 0 Å². The normalized spacial score (nSPS) is 14.1. The number of Topliss-reactive ketones (excluding diaryl/α,β-unsaturated/α-hetero) is 1. The van der Waals surface area contributed by atoms with E-state index in [-0.39, 0.29) is 35.4 Å². The molecule has 1 N–H and O–H groups in total. The van der Waals surface area contributed by atoms with Gasteiger partial charge in [-0.15, -0.1) is 0 Å². The van der Waals surface area contributed by atoms with Crippen LogP contribution in [0.2, 0.25) is 0 Å². The molecule has 1 amide bonds. The third-order valence-corrected chi connectivity index (χ3v) is 3.03. The van der Waals surface area contributed by atoms with Gasteiger partial charge < -0.3 is 10.1 Å². The number of ether oxygens (including phenoxy) is 1. The van der Waals surface area contributed by atoms with E-state index < -0.39 is 0 Å². The van der Waals surface area contributed by atoms with Crippen LogP contribution >= 0.6 is 0 Å². The number of hydrogen-bond acceptors (Lipinski definition) is 3. The van der Waals surface area contributed by atoms with Gasteiger partial charge in [-0.25, -0.2) is 0 Å². The van der Waals surface area contributed by atoms with Crippen LogP contribution in [0.1, 0.15) is 68.2 Å². The second-order valence-corrected chi connectivity index (χ2v) is 8.17. The van der Waals surface area contributed by atoms with Gasteiger partial charge in [0.05, 0.1) is 5.60 Å². The van der Waals surface area contributed by atoms with Crippen molar-refractivity contribution in [2.45, 2.75) is 79.9 Å². The maximum atomic E-state index is 12.2. The lowest BCUT2D eigenvalue weighted by molar-refractivity contribution is -0.132. The number of hydrogen-bond donors (Lipinski definition) is 1. The Kier molecular flexibility index (Phi) is 7.58. The summed E-state index contributed by atoms with van der Waals surface area (Å²) >= 11 is 0. The lowest BCUT2D eigenvalue weighted by Gasteiger charge is -2.25. The molecule has 0 heterocycles. The zero-order chi connectivity index (χ0) is 16.8. The monoisotopic (exact) mass is 299 g/mol. The van der Waals surface area contributed by atoms with E-state index >= 15 is 0 Å². The van der Waals surface area contributed by atoms with Gasteiger partial charge in [-0.1, -0.05) is 34.6 Å². The molecule has 0 saturated heterocycles. The Hall–Kier alpha value is -0.900. The molecule has 1 atom stereocenters. The number of carbonyl (C=O) groups excluding carboxylic acids is 2. The molecule has 4 heteroatoms. The first-order valence-corrected chi connectivity index (χ1v) is 7.78. The van der Waals surface area contributed by atoms with Gasteiger partial charge >= 0.3 is 0 Å². The largest absolute Gasteiger partial charge is 0.366 e. The number of rotatable bonds is 7. The Morgan fingerprint density at radius 2 is 1.57 bits per heavy atom. The van der Waals surface area contributed by atoms with Crippen molar-refractivity contribution in [3.8, 4) is 0 Å². The highest BCUT2D eigenvalue weighted by molar-refractivity contribution is 5.85. The van der Waals surface area contributed by atoms with Crippen LogP contribution in [0.5, 0.6) is 0 Å². The van der Waals surface area contributed by atoms with Crippen molar-refractivity contribution in [1.29, 1.82) is 0 Å². The van der Waals surface area contributed by atoms with E-state index in [0.717, 1.165) is 6.42 Å². The zero-order valence-corrected chi connectivity index (χ0v) is 15.0. The highest BCUT2D eigenvalue weighted by Crippen LogP contribution is 2.20. The van der Waals surface area contributed by atoms with Crippen molar-refractivity contribution in [3.05, 3.63) is 0 Å². The predicted molar refractivity (Wildman–Crippen MR) is 86.2 cm³/mol. The van der Waals surface area contributed by atoms with Gasteiger partial charge in [0, 0.05) is 17.9 Å². The minimum atomic E-state index is -0.373. The molecule has 0 radical (unpaired) electrons. The number of carbonyl (C=O) groups is 2. The Labute approximate surface area is 130 Å². The van der Waals surface area contributed by atoms with E-state index in [9.17, 15) is 9.59 Å². The molecule has 21 heavy (non-hydrogen) atoms. The smallest absolute Gasteiger partial charge is 0.246 e. The summed E-state index contributed by atoms with van der Waals surface area (Å²) in [5.41, 5.74) is -0.714. The Bertz CT molecular complexity index is 348. The van der Waals surface area contributed by atoms with E-state index in [2.05, 4.69) is 19.2 Å². The average Bonchev–Trinajstić information content (AvgIpc) is 2.23. The van der Waals surface area contributed by atoms with Gasteiger partial charge in [0.2, 0.25) is 5.91 Å². The topological polar surface area (TPSA) is 55.4 Å². The third kappa shape index (κ3) is 10.5. The van der Waals surface area contributed by atoms with Crippen molar-refractivity contribution in [1.82, 2.24) is 5.32 Å². The summed E-state index contributed by atoms with van der Waals surface area (Å²) in [6, 6.07) is -0.118. The minimum absolute atomic E-state index is 0.0296. The maximum Gasteiger partial charge on any atom is 0.246 e. The van der Waals surface area contributed by atoms with Crippen molar-refractivity contribution in [3.63, 3.8) is 0 Å². The van der Waals surface area contributed by atoms with Gasteiger partial charge in [0.25, 0.3) is 0 Å². The van der Waals surface area contributed by atoms with Crippen molar-refractivity contribution >= 4 is 11.7 Å². The van der Waals surface area contributed by atoms with Crippen molar-refractivity contribution in [2.24, 2.45) is 11.3 Å². The summed E-state index contributed by atoms with van der Waals surface area (Å²) in [6.07, 6.45) is 1.17. The molecule has 0 aliphatic rings. The van der Waals surface area contributed by atoms with E-state index in [1.165, 1.54) is 0 Å². The first kappa shape index (κ1) is 20.1.